The molecule has 0 amide bonds. The van der Waals surface area contributed by atoms with E-state index in [9.17, 15) is 4.79 Å². The molecule has 0 aromatic heterocycles. The Balaban J connectivity index is -0.000000114. The third-order valence-corrected chi connectivity index (χ3v) is 0.569. The molecule has 0 aliphatic heterocycles. The summed E-state index contributed by atoms with van der Waals surface area (Å²) in [7, 11) is 0. The summed E-state index contributed by atoms with van der Waals surface area (Å²) in [6.45, 7) is 10.2. The van der Waals surface area contributed by atoms with Crippen LogP contribution in [0.15, 0.2) is 12.2 Å². The van der Waals surface area contributed by atoms with Crippen molar-refractivity contribution < 1.29 is 25.9 Å². The molecule has 64 valence electrons. The molecule has 0 aromatic carbocycles. The first-order valence-corrected chi connectivity index (χ1v) is 3.41. The molecule has 1 nitrogen and oxygen atoms in total. The van der Waals surface area contributed by atoms with Crippen LogP contribution in [0.1, 0.15) is 26.7 Å². The van der Waals surface area contributed by atoms with Gasteiger partial charge in [0.05, 0.1) is 0 Å². The van der Waals surface area contributed by atoms with Crippen LogP contribution >= 0.6 is 0 Å². The molecule has 0 N–H and O–H groups in total. The van der Waals surface area contributed by atoms with Crippen molar-refractivity contribution in [1.82, 2.24) is 0 Å². The minimum atomic E-state index is -0.0833. The zero-order valence-corrected chi connectivity index (χ0v) is 10.2. The summed E-state index contributed by atoms with van der Waals surface area (Å²) in [5.41, 5.74) is 0. The van der Waals surface area contributed by atoms with Crippen LogP contribution in [0.25, 0.3) is 0 Å². The first-order valence-electron chi connectivity index (χ1n) is 3.41. The van der Waals surface area contributed by atoms with E-state index in [0.717, 1.165) is 12.8 Å². The summed E-state index contributed by atoms with van der Waals surface area (Å²) in [5, 5.41) is 0. The minimum absolute atomic E-state index is 0. The van der Waals surface area contributed by atoms with Crippen molar-refractivity contribution in [2.75, 3.05) is 0 Å². The van der Waals surface area contributed by atoms with E-state index in [1.165, 1.54) is 6.92 Å². The largest absolute Gasteiger partial charge is 2.00 e. The van der Waals surface area contributed by atoms with E-state index in [2.05, 4.69) is 32.9 Å². The standard InChI is InChI=1S/C6H11.C3H5O.W/c1-3-5-6-4-2;1-3(2)4;/h5-6H,1,3-4H2,2H3;1H2,2H3;/q2*-1;+2. The number of ketones is 1. The summed E-state index contributed by atoms with van der Waals surface area (Å²) in [6, 6.07) is 0. The van der Waals surface area contributed by atoms with E-state index < -0.39 is 0 Å². The van der Waals surface area contributed by atoms with E-state index in [1.54, 1.807) is 0 Å². The SMILES string of the molecule is [CH2-]C(C)=O.[CH2-]CC=CCC.[W+2]. The third-order valence-electron chi connectivity index (χ3n) is 0.569. The van der Waals surface area contributed by atoms with Gasteiger partial charge in [0.15, 0.2) is 0 Å². The fourth-order valence-corrected chi connectivity index (χ4v) is 0.285. The zero-order valence-electron chi connectivity index (χ0n) is 7.30. The van der Waals surface area contributed by atoms with Gasteiger partial charge in [0, 0.05) is 0 Å². The summed E-state index contributed by atoms with van der Waals surface area (Å²) in [6.07, 6.45) is 6.25. The molecule has 0 spiro atoms. The molecule has 11 heavy (non-hydrogen) atoms. The van der Waals surface area contributed by atoms with Gasteiger partial charge in [-0.05, 0) is 19.1 Å². The number of Topliss-reactive ketones (excluding diaryl/α,β-unsaturated/α-hetero) is 1. The fourth-order valence-electron chi connectivity index (χ4n) is 0.285. The molecule has 0 bridgehead atoms. The first kappa shape index (κ1) is 17.2. The number of hydrogen-bond donors (Lipinski definition) is 0. The molecule has 0 saturated heterocycles. The Morgan fingerprint density at radius 2 is 1.82 bits per heavy atom. The average Bonchev–Trinajstić information content (AvgIpc) is 1.82. The molecular formula is C9H16OW. The van der Waals surface area contributed by atoms with Gasteiger partial charge >= 0.3 is 21.1 Å². The second-order valence-corrected chi connectivity index (χ2v) is 1.87. The van der Waals surface area contributed by atoms with E-state index in [4.69, 9.17) is 0 Å². The van der Waals surface area contributed by atoms with Crippen LogP contribution in [0.5, 0.6) is 0 Å². The molecule has 0 aliphatic rings. The predicted molar refractivity (Wildman–Crippen MR) is 45.4 cm³/mol. The van der Waals surface area contributed by atoms with E-state index >= 15 is 0 Å². The number of allylic oxidation sites excluding steroid dienone is 2. The van der Waals surface area contributed by atoms with Crippen LogP contribution < -0.4 is 0 Å². The molecule has 0 atom stereocenters. The van der Waals surface area contributed by atoms with Crippen molar-refractivity contribution in [3.05, 3.63) is 26.0 Å². The molecule has 0 unspecified atom stereocenters. The molecule has 0 rings (SSSR count). The predicted octanol–water partition coefficient (Wildman–Crippen LogP) is 2.58. The minimum Gasteiger partial charge on any atom is -0.340 e. The van der Waals surface area contributed by atoms with Gasteiger partial charge in [-0.2, -0.15) is 6.42 Å². The van der Waals surface area contributed by atoms with Gasteiger partial charge in [-0.15, -0.1) is 6.08 Å². The first-order chi connectivity index (χ1) is 4.65. The maximum atomic E-state index is 9.33. The summed E-state index contributed by atoms with van der Waals surface area (Å²) in [5.74, 6) is -0.0833. The van der Waals surface area contributed by atoms with Gasteiger partial charge in [-0.1, -0.05) is 13.0 Å². The Kier molecular flexibility index (Phi) is 25.8. The van der Waals surface area contributed by atoms with Gasteiger partial charge in [0.1, 0.15) is 0 Å². The fraction of sp³-hybridized carbons (Fsp3) is 0.444. The van der Waals surface area contributed by atoms with Crippen molar-refractivity contribution in [1.29, 1.82) is 0 Å². The molecule has 2 heteroatoms. The van der Waals surface area contributed by atoms with Crippen molar-refractivity contribution in [3.63, 3.8) is 0 Å². The number of carbonyl (C=O) groups is 1. The van der Waals surface area contributed by atoms with E-state index in [0.29, 0.717) is 0 Å². The van der Waals surface area contributed by atoms with Crippen LogP contribution in [0.4, 0.5) is 0 Å². The number of carbonyl (C=O) groups excluding carboxylic acids is 1. The topological polar surface area (TPSA) is 17.1 Å². The van der Waals surface area contributed by atoms with Gasteiger partial charge in [0.25, 0.3) is 0 Å². The van der Waals surface area contributed by atoms with Crippen LogP contribution in [-0.4, -0.2) is 5.78 Å². The van der Waals surface area contributed by atoms with Crippen molar-refractivity contribution in [2.45, 2.75) is 26.7 Å². The Morgan fingerprint density at radius 3 is 1.91 bits per heavy atom. The smallest absolute Gasteiger partial charge is 0.340 e. The molecule has 0 fully saturated rings. The van der Waals surface area contributed by atoms with Crippen LogP contribution in [-0.2, 0) is 25.9 Å². The molecule has 0 aliphatic carbocycles. The van der Waals surface area contributed by atoms with E-state index in [-0.39, 0.29) is 26.8 Å². The maximum absolute atomic E-state index is 9.33. The zero-order chi connectivity index (χ0) is 8.41. The molecule has 0 saturated carbocycles. The molecule has 0 radical (unpaired) electrons. The number of rotatable bonds is 2. The Hall–Kier alpha value is -0.0317. The normalized spacial score (nSPS) is 7.91. The molecule has 0 aromatic rings. The third kappa shape index (κ3) is 71.8. The second kappa shape index (κ2) is 16.5. The summed E-state index contributed by atoms with van der Waals surface area (Å²) in [4.78, 5) is 9.33. The van der Waals surface area contributed by atoms with Crippen molar-refractivity contribution in [2.24, 2.45) is 0 Å². The second-order valence-electron chi connectivity index (χ2n) is 1.87. The van der Waals surface area contributed by atoms with Crippen molar-refractivity contribution in [3.8, 4) is 0 Å². The van der Waals surface area contributed by atoms with E-state index in [1.807, 2.05) is 0 Å². The quantitative estimate of drug-likeness (QED) is 0.564. The molecular weight excluding hydrogens is 308 g/mol. The maximum Gasteiger partial charge on any atom is 2.00 e. The number of hydrogen-bond acceptors (Lipinski definition) is 1. The van der Waals surface area contributed by atoms with Gasteiger partial charge < -0.3 is 18.6 Å². The van der Waals surface area contributed by atoms with Crippen molar-refractivity contribution >= 4 is 5.78 Å². The Morgan fingerprint density at radius 1 is 1.45 bits per heavy atom. The van der Waals surface area contributed by atoms with Gasteiger partial charge in [-0.3, -0.25) is 0 Å². The summed E-state index contributed by atoms with van der Waals surface area (Å²) < 4.78 is 0. The Labute approximate surface area is 84.5 Å². The van der Waals surface area contributed by atoms with Gasteiger partial charge in [-0.25, -0.2) is 0 Å². The van der Waals surface area contributed by atoms with Gasteiger partial charge in [0.2, 0.25) is 0 Å². The monoisotopic (exact) mass is 324 g/mol. The Bertz CT molecular complexity index is 87.7. The average molecular weight is 324 g/mol. The molecule has 0 heterocycles. The van der Waals surface area contributed by atoms with Crippen LogP contribution in [0, 0.1) is 13.8 Å². The summed E-state index contributed by atoms with van der Waals surface area (Å²) >= 11 is 0. The van der Waals surface area contributed by atoms with Crippen LogP contribution in [0.2, 0.25) is 0 Å². The van der Waals surface area contributed by atoms with Crippen LogP contribution in [0.3, 0.4) is 0 Å².